The summed E-state index contributed by atoms with van der Waals surface area (Å²) in [5, 5.41) is 0. The second kappa shape index (κ2) is 6.09. The molecule has 1 amide bonds. The average molecular weight is 278 g/mol. The largest absolute Gasteiger partial charge is 0.396 e. The smallest absolute Gasteiger partial charge is 0.267 e. The summed E-state index contributed by atoms with van der Waals surface area (Å²) in [6.45, 7) is 3.43. The van der Waals surface area contributed by atoms with E-state index in [4.69, 9.17) is 16.2 Å². The lowest BCUT2D eigenvalue weighted by Crippen LogP contribution is -2.38. The first-order valence-corrected chi connectivity index (χ1v) is 6.86. The Morgan fingerprint density at radius 2 is 2.25 bits per heavy atom. The fourth-order valence-electron chi connectivity index (χ4n) is 2.35. The molecule has 1 aromatic rings. The van der Waals surface area contributed by atoms with Gasteiger partial charge in [0.05, 0.1) is 12.3 Å². The van der Waals surface area contributed by atoms with Crippen molar-refractivity contribution >= 4 is 17.4 Å². The lowest BCUT2D eigenvalue weighted by Gasteiger charge is -2.31. The minimum absolute atomic E-state index is 0.236. The van der Waals surface area contributed by atoms with Crippen LogP contribution in [0.4, 0.5) is 11.5 Å². The van der Waals surface area contributed by atoms with Gasteiger partial charge in [-0.15, -0.1) is 0 Å². The number of carbonyl (C=O) groups is 1. The fourth-order valence-corrected chi connectivity index (χ4v) is 2.35. The van der Waals surface area contributed by atoms with Gasteiger partial charge in [0.1, 0.15) is 5.69 Å². The third-order valence-corrected chi connectivity index (χ3v) is 3.76. The molecule has 0 saturated heterocycles. The van der Waals surface area contributed by atoms with E-state index in [1.54, 1.807) is 19.2 Å². The summed E-state index contributed by atoms with van der Waals surface area (Å²) in [6, 6.07) is 3.56. The van der Waals surface area contributed by atoms with Gasteiger partial charge in [-0.05, 0) is 37.8 Å². The van der Waals surface area contributed by atoms with Gasteiger partial charge >= 0.3 is 0 Å². The summed E-state index contributed by atoms with van der Waals surface area (Å²) in [6.07, 6.45) is 2.44. The van der Waals surface area contributed by atoms with Crippen LogP contribution in [-0.2, 0) is 4.74 Å². The molecule has 1 heterocycles. The highest BCUT2D eigenvalue weighted by Gasteiger charge is 2.33. The van der Waals surface area contributed by atoms with E-state index >= 15 is 0 Å². The van der Waals surface area contributed by atoms with Gasteiger partial charge < -0.3 is 21.1 Å². The number of carbonyl (C=O) groups excluding carboxylic acids is 1. The molecule has 6 nitrogen and oxygen atoms in total. The standard InChI is InChI=1S/C14H22N4O2/c1-9(10-3-4-10)18(7-8-20-2)14-11(15)5-6-12(17-14)13(16)19/h5-6,9-10H,3-4,7-8,15H2,1-2H3,(H2,16,19). The zero-order chi connectivity index (χ0) is 14.7. The third-order valence-electron chi connectivity index (χ3n) is 3.76. The number of hydrogen-bond donors (Lipinski definition) is 2. The molecule has 0 bridgehead atoms. The zero-order valence-corrected chi connectivity index (χ0v) is 12.0. The van der Waals surface area contributed by atoms with Crippen molar-refractivity contribution in [2.24, 2.45) is 11.7 Å². The molecule has 4 N–H and O–H groups in total. The van der Waals surface area contributed by atoms with Gasteiger partial charge in [0.2, 0.25) is 0 Å². The summed E-state index contributed by atoms with van der Waals surface area (Å²) in [5.74, 6) is 0.736. The van der Waals surface area contributed by atoms with E-state index in [1.807, 2.05) is 0 Å². The molecule has 1 saturated carbocycles. The maximum absolute atomic E-state index is 11.3. The van der Waals surface area contributed by atoms with Crippen molar-refractivity contribution in [1.29, 1.82) is 0 Å². The lowest BCUT2D eigenvalue weighted by atomic mass is 10.1. The molecule has 1 fully saturated rings. The minimum atomic E-state index is -0.544. The van der Waals surface area contributed by atoms with Gasteiger partial charge in [-0.25, -0.2) is 4.98 Å². The van der Waals surface area contributed by atoms with Crippen LogP contribution in [0.1, 0.15) is 30.3 Å². The highest BCUT2D eigenvalue weighted by molar-refractivity contribution is 5.91. The molecule has 1 aliphatic rings. The Bertz CT molecular complexity index is 488. The summed E-state index contributed by atoms with van der Waals surface area (Å²) in [7, 11) is 1.66. The number of ether oxygens (including phenoxy) is 1. The number of hydrogen-bond acceptors (Lipinski definition) is 5. The second-order valence-corrected chi connectivity index (χ2v) is 5.24. The predicted molar refractivity (Wildman–Crippen MR) is 78.6 cm³/mol. The van der Waals surface area contributed by atoms with Crippen LogP contribution in [0, 0.1) is 5.92 Å². The van der Waals surface area contributed by atoms with Crippen LogP contribution in [0.15, 0.2) is 12.1 Å². The van der Waals surface area contributed by atoms with Crippen molar-refractivity contribution in [3.8, 4) is 0 Å². The molecule has 1 aromatic heterocycles. The van der Waals surface area contributed by atoms with Crippen molar-refractivity contribution in [2.45, 2.75) is 25.8 Å². The van der Waals surface area contributed by atoms with Crippen LogP contribution < -0.4 is 16.4 Å². The van der Waals surface area contributed by atoms with Crippen molar-refractivity contribution < 1.29 is 9.53 Å². The van der Waals surface area contributed by atoms with Gasteiger partial charge in [0.15, 0.2) is 5.82 Å². The monoisotopic (exact) mass is 278 g/mol. The quantitative estimate of drug-likeness (QED) is 0.776. The Hall–Kier alpha value is -1.82. The van der Waals surface area contributed by atoms with Crippen molar-refractivity contribution in [2.75, 3.05) is 30.9 Å². The molecule has 1 unspecified atom stereocenters. The van der Waals surface area contributed by atoms with E-state index < -0.39 is 5.91 Å². The van der Waals surface area contributed by atoms with Crippen molar-refractivity contribution in [3.63, 3.8) is 0 Å². The number of nitrogens with two attached hydrogens (primary N) is 2. The first kappa shape index (κ1) is 14.6. The van der Waals surface area contributed by atoms with E-state index in [0.29, 0.717) is 36.6 Å². The molecular weight excluding hydrogens is 256 g/mol. The number of anilines is 2. The topological polar surface area (TPSA) is 94.5 Å². The van der Waals surface area contributed by atoms with Crippen LogP contribution in [0.25, 0.3) is 0 Å². The van der Waals surface area contributed by atoms with Crippen LogP contribution in [0.5, 0.6) is 0 Å². The van der Waals surface area contributed by atoms with E-state index in [1.165, 1.54) is 12.8 Å². The summed E-state index contributed by atoms with van der Waals surface area (Å²) >= 11 is 0. The maximum Gasteiger partial charge on any atom is 0.267 e. The van der Waals surface area contributed by atoms with Crippen molar-refractivity contribution in [1.82, 2.24) is 4.98 Å². The lowest BCUT2D eigenvalue weighted by molar-refractivity contribution is 0.0995. The number of methoxy groups -OCH3 is 1. The molecule has 6 heteroatoms. The van der Waals surface area contributed by atoms with E-state index in [2.05, 4.69) is 16.8 Å². The number of nitrogen functional groups attached to an aromatic ring is 1. The number of amides is 1. The number of pyridine rings is 1. The van der Waals surface area contributed by atoms with E-state index in [0.717, 1.165) is 0 Å². The van der Waals surface area contributed by atoms with Crippen LogP contribution in [0.2, 0.25) is 0 Å². The molecule has 20 heavy (non-hydrogen) atoms. The maximum atomic E-state index is 11.3. The Morgan fingerprint density at radius 1 is 1.55 bits per heavy atom. The van der Waals surface area contributed by atoms with Crippen molar-refractivity contribution in [3.05, 3.63) is 17.8 Å². The number of aromatic nitrogens is 1. The number of nitrogens with zero attached hydrogens (tertiary/aromatic N) is 2. The first-order valence-electron chi connectivity index (χ1n) is 6.86. The normalized spacial score (nSPS) is 15.9. The molecule has 110 valence electrons. The Morgan fingerprint density at radius 3 is 2.80 bits per heavy atom. The number of rotatable bonds is 7. The Labute approximate surface area is 119 Å². The fraction of sp³-hybridized carbons (Fsp3) is 0.571. The van der Waals surface area contributed by atoms with E-state index in [9.17, 15) is 4.79 Å². The molecule has 0 aromatic carbocycles. The SMILES string of the molecule is COCCN(c1nc(C(N)=O)ccc1N)C(C)C1CC1. The van der Waals surface area contributed by atoms with Gasteiger partial charge in [0, 0.05) is 19.7 Å². The van der Waals surface area contributed by atoms with Crippen LogP contribution >= 0.6 is 0 Å². The molecule has 2 rings (SSSR count). The minimum Gasteiger partial charge on any atom is -0.396 e. The van der Waals surface area contributed by atoms with E-state index in [-0.39, 0.29) is 5.69 Å². The molecule has 0 aliphatic heterocycles. The third kappa shape index (κ3) is 3.19. The number of primary amides is 1. The van der Waals surface area contributed by atoms with Crippen LogP contribution in [-0.4, -0.2) is 37.2 Å². The molecule has 1 aliphatic carbocycles. The van der Waals surface area contributed by atoms with Gasteiger partial charge in [0.25, 0.3) is 5.91 Å². The summed E-state index contributed by atoms with van der Waals surface area (Å²) in [4.78, 5) is 17.7. The van der Waals surface area contributed by atoms with Crippen LogP contribution in [0.3, 0.4) is 0 Å². The molecule has 1 atom stereocenters. The second-order valence-electron chi connectivity index (χ2n) is 5.24. The van der Waals surface area contributed by atoms with Gasteiger partial charge in [-0.3, -0.25) is 4.79 Å². The molecule has 0 spiro atoms. The highest BCUT2D eigenvalue weighted by Crippen LogP contribution is 2.37. The Balaban J connectivity index is 2.30. The van der Waals surface area contributed by atoms with Gasteiger partial charge in [-0.2, -0.15) is 0 Å². The summed E-state index contributed by atoms with van der Waals surface area (Å²) < 4.78 is 5.16. The Kier molecular flexibility index (Phi) is 4.44. The summed E-state index contributed by atoms with van der Waals surface area (Å²) in [5.41, 5.74) is 12.1. The zero-order valence-electron chi connectivity index (χ0n) is 12.0. The molecular formula is C14H22N4O2. The molecule has 0 radical (unpaired) electrons. The first-order chi connectivity index (χ1) is 9.54. The average Bonchev–Trinajstić information content (AvgIpc) is 3.24. The predicted octanol–water partition coefficient (Wildman–Crippen LogP) is 1.01. The van der Waals surface area contributed by atoms with Gasteiger partial charge in [-0.1, -0.05) is 0 Å². The highest BCUT2D eigenvalue weighted by atomic mass is 16.5.